The van der Waals surface area contributed by atoms with E-state index < -0.39 is 0 Å². The fourth-order valence-electron chi connectivity index (χ4n) is 2.67. The summed E-state index contributed by atoms with van der Waals surface area (Å²) in [5, 5.41) is 4.35. The van der Waals surface area contributed by atoms with Crippen molar-refractivity contribution in [3.63, 3.8) is 0 Å². The van der Waals surface area contributed by atoms with Crippen molar-refractivity contribution in [3.05, 3.63) is 24.5 Å². The molecule has 0 spiro atoms. The molecule has 21 heavy (non-hydrogen) atoms. The highest BCUT2D eigenvalue weighted by atomic mass is 16.3. The van der Waals surface area contributed by atoms with Crippen molar-refractivity contribution in [1.82, 2.24) is 19.6 Å². The van der Waals surface area contributed by atoms with E-state index in [4.69, 9.17) is 10.2 Å². The second kappa shape index (κ2) is 4.76. The Labute approximate surface area is 121 Å². The maximum absolute atomic E-state index is 6.09. The second-order valence-corrected chi connectivity index (χ2v) is 5.21. The van der Waals surface area contributed by atoms with Crippen molar-refractivity contribution in [1.29, 1.82) is 0 Å². The number of piperidine rings is 1. The number of anilines is 2. The predicted octanol–water partition coefficient (Wildman–Crippen LogP) is 1.96. The molecule has 1 fully saturated rings. The molecule has 1 saturated heterocycles. The lowest BCUT2D eigenvalue weighted by Gasteiger charge is -2.27. The first-order valence-corrected chi connectivity index (χ1v) is 7.13. The molecule has 0 aliphatic carbocycles. The first-order valence-electron chi connectivity index (χ1n) is 7.13. The van der Waals surface area contributed by atoms with E-state index in [1.165, 1.54) is 19.3 Å². The minimum Gasteiger partial charge on any atom is -0.461 e. The smallest absolute Gasteiger partial charge is 0.256 e. The van der Waals surface area contributed by atoms with Crippen LogP contribution < -0.4 is 10.6 Å². The van der Waals surface area contributed by atoms with Crippen LogP contribution in [-0.4, -0.2) is 32.7 Å². The van der Waals surface area contributed by atoms with Gasteiger partial charge in [-0.3, -0.25) is 0 Å². The first-order chi connectivity index (χ1) is 10.3. The topological polar surface area (TPSA) is 85.5 Å². The van der Waals surface area contributed by atoms with Crippen LogP contribution >= 0.6 is 0 Å². The van der Waals surface area contributed by atoms with Crippen molar-refractivity contribution in [3.8, 4) is 11.6 Å². The fourth-order valence-corrected chi connectivity index (χ4v) is 2.67. The number of hydrogen-bond donors (Lipinski definition) is 1. The Bertz CT molecular complexity index is 757. The Kier molecular flexibility index (Phi) is 2.77. The van der Waals surface area contributed by atoms with Crippen LogP contribution in [0, 0.1) is 0 Å². The highest BCUT2D eigenvalue weighted by molar-refractivity contribution is 5.57. The van der Waals surface area contributed by atoms with Gasteiger partial charge in [-0.2, -0.15) is 14.5 Å². The molecular weight excluding hydrogens is 268 g/mol. The second-order valence-electron chi connectivity index (χ2n) is 5.21. The summed E-state index contributed by atoms with van der Waals surface area (Å²) in [7, 11) is 0. The maximum Gasteiger partial charge on any atom is 0.256 e. The van der Waals surface area contributed by atoms with Gasteiger partial charge in [0.1, 0.15) is 11.6 Å². The molecule has 3 aromatic rings. The third-order valence-electron chi connectivity index (χ3n) is 3.75. The zero-order chi connectivity index (χ0) is 14.2. The standard InChI is InChI=1S/C14H16N6O/c15-11-9-12(19-6-2-1-3-7-19)16-14-17-13(18-20(11)14)10-5-4-8-21-10/h4-5,8-9H,1-3,6-7,15H2. The van der Waals surface area contributed by atoms with Crippen LogP contribution in [0.5, 0.6) is 0 Å². The number of fused-ring (bicyclic) bond motifs is 1. The molecule has 0 unspecified atom stereocenters. The van der Waals surface area contributed by atoms with Crippen LogP contribution in [0.15, 0.2) is 28.9 Å². The molecule has 3 aromatic heterocycles. The summed E-state index contributed by atoms with van der Waals surface area (Å²) in [6, 6.07) is 5.48. The van der Waals surface area contributed by atoms with E-state index in [9.17, 15) is 0 Å². The van der Waals surface area contributed by atoms with Gasteiger partial charge in [0.25, 0.3) is 5.78 Å². The largest absolute Gasteiger partial charge is 0.461 e. The highest BCUT2D eigenvalue weighted by Gasteiger charge is 2.17. The summed E-state index contributed by atoms with van der Waals surface area (Å²) < 4.78 is 6.87. The molecule has 1 aliphatic rings. The molecule has 4 rings (SSSR count). The van der Waals surface area contributed by atoms with E-state index in [0.717, 1.165) is 18.9 Å². The van der Waals surface area contributed by atoms with Crippen molar-refractivity contribution in [2.24, 2.45) is 0 Å². The predicted molar refractivity (Wildman–Crippen MR) is 79.0 cm³/mol. The third-order valence-corrected chi connectivity index (χ3v) is 3.75. The van der Waals surface area contributed by atoms with E-state index in [-0.39, 0.29) is 0 Å². The summed E-state index contributed by atoms with van der Waals surface area (Å²) >= 11 is 0. The van der Waals surface area contributed by atoms with Gasteiger partial charge in [-0.1, -0.05) is 0 Å². The maximum atomic E-state index is 6.09. The molecule has 7 nitrogen and oxygen atoms in total. The minimum absolute atomic E-state index is 0.495. The molecule has 1 aliphatic heterocycles. The molecule has 0 saturated carbocycles. The number of nitrogens with two attached hydrogens (primary N) is 1. The SMILES string of the molecule is Nc1cc(N2CCCCC2)nc2nc(-c3ccco3)nn12. The van der Waals surface area contributed by atoms with Crippen molar-refractivity contribution in [2.45, 2.75) is 19.3 Å². The Morgan fingerprint density at radius 2 is 2.00 bits per heavy atom. The van der Waals surface area contributed by atoms with Gasteiger partial charge < -0.3 is 15.1 Å². The zero-order valence-electron chi connectivity index (χ0n) is 11.6. The summed E-state index contributed by atoms with van der Waals surface area (Å²) in [5.41, 5.74) is 6.09. The molecule has 0 amide bonds. The Balaban J connectivity index is 1.78. The first kappa shape index (κ1) is 12.2. The number of hydrogen-bond acceptors (Lipinski definition) is 6. The quantitative estimate of drug-likeness (QED) is 0.774. The average molecular weight is 284 g/mol. The van der Waals surface area contributed by atoms with Crippen LogP contribution in [0.1, 0.15) is 19.3 Å². The number of nitrogen functional groups attached to an aromatic ring is 1. The van der Waals surface area contributed by atoms with E-state index in [0.29, 0.717) is 23.2 Å². The number of nitrogens with zero attached hydrogens (tertiary/aromatic N) is 5. The molecule has 7 heteroatoms. The molecule has 4 heterocycles. The minimum atomic E-state index is 0.495. The van der Waals surface area contributed by atoms with Gasteiger partial charge in [-0.05, 0) is 31.4 Å². The Morgan fingerprint density at radius 3 is 2.76 bits per heavy atom. The molecule has 0 bridgehead atoms. The molecular formula is C14H16N6O. The zero-order valence-corrected chi connectivity index (χ0v) is 11.6. The molecule has 2 N–H and O–H groups in total. The number of furan rings is 1. The van der Waals surface area contributed by atoms with Crippen molar-refractivity contribution < 1.29 is 4.42 Å². The average Bonchev–Trinajstić information content (AvgIpc) is 3.17. The Morgan fingerprint density at radius 1 is 1.14 bits per heavy atom. The molecule has 0 aromatic carbocycles. The lowest BCUT2D eigenvalue weighted by molar-refractivity contribution is 0.573. The van der Waals surface area contributed by atoms with Gasteiger partial charge >= 0.3 is 0 Å². The van der Waals surface area contributed by atoms with Gasteiger partial charge in [0.05, 0.1) is 6.26 Å². The van der Waals surface area contributed by atoms with E-state index >= 15 is 0 Å². The van der Waals surface area contributed by atoms with Crippen LogP contribution in [0.4, 0.5) is 11.6 Å². The Hall–Kier alpha value is -2.57. The van der Waals surface area contributed by atoms with Crippen molar-refractivity contribution >= 4 is 17.4 Å². The van der Waals surface area contributed by atoms with Gasteiger partial charge in [0, 0.05) is 19.2 Å². The van der Waals surface area contributed by atoms with Gasteiger partial charge in [-0.25, -0.2) is 0 Å². The van der Waals surface area contributed by atoms with Gasteiger partial charge in [-0.15, -0.1) is 5.10 Å². The summed E-state index contributed by atoms with van der Waals surface area (Å²) in [6.45, 7) is 2.03. The van der Waals surface area contributed by atoms with E-state index in [1.54, 1.807) is 16.8 Å². The van der Waals surface area contributed by atoms with Crippen LogP contribution in [0.25, 0.3) is 17.4 Å². The fraction of sp³-hybridized carbons (Fsp3) is 0.357. The monoisotopic (exact) mass is 284 g/mol. The lowest BCUT2D eigenvalue weighted by Crippen LogP contribution is -2.30. The van der Waals surface area contributed by atoms with E-state index in [2.05, 4.69) is 20.0 Å². The van der Waals surface area contributed by atoms with Crippen LogP contribution in [0.3, 0.4) is 0 Å². The van der Waals surface area contributed by atoms with Crippen LogP contribution in [-0.2, 0) is 0 Å². The van der Waals surface area contributed by atoms with E-state index in [1.807, 2.05) is 12.1 Å². The van der Waals surface area contributed by atoms with Crippen molar-refractivity contribution in [2.75, 3.05) is 23.7 Å². The lowest BCUT2D eigenvalue weighted by atomic mass is 10.1. The van der Waals surface area contributed by atoms with Gasteiger partial charge in [0.2, 0.25) is 5.82 Å². The molecule has 0 radical (unpaired) electrons. The third kappa shape index (κ3) is 2.10. The summed E-state index contributed by atoms with van der Waals surface area (Å²) in [6.07, 6.45) is 5.26. The highest BCUT2D eigenvalue weighted by Crippen LogP contribution is 2.22. The summed E-state index contributed by atoms with van der Waals surface area (Å²) in [4.78, 5) is 11.2. The molecule has 108 valence electrons. The molecule has 0 atom stereocenters. The number of aromatic nitrogens is 4. The normalized spacial score (nSPS) is 15.7. The summed E-state index contributed by atoms with van der Waals surface area (Å²) in [5.74, 6) is 3.01. The van der Waals surface area contributed by atoms with Crippen LogP contribution in [0.2, 0.25) is 0 Å². The van der Waals surface area contributed by atoms with Gasteiger partial charge in [0.15, 0.2) is 5.76 Å². The number of rotatable bonds is 2.